The zero-order valence-corrected chi connectivity index (χ0v) is 12.1. The summed E-state index contributed by atoms with van der Waals surface area (Å²) in [6.45, 7) is 1.61. The molecule has 0 aliphatic rings. The summed E-state index contributed by atoms with van der Waals surface area (Å²) in [5.41, 5.74) is 2.43. The van der Waals surface area contributed by atoms with Gasteiger partial charge < -0.3 is 10.4 Å². The normalized spacial score (nSPS) is 9.67. The second-order valence-electron chi connectivity index (χ2n) is 4.35. The van der Waals surface area contributed by atoms with Crippen molar-refractivity contribution in [3.63, 3.8) is 0 Å². The van der Waals surface area contributed by atoms with Gasteiger partial charge in [-0.05, 0) is 36.8 Å². The van der Waals surface area contributed by atoms with Gasteiger partial charge in [-0.3, -0.25) is 9.78 Å². The maximum absolute atomic E-state index is 12.2. The van der Waals surface area contributed by atoms with Gasteiger partial charge in [0.1, 0.15) is 6.61 Å². The lowest BCUT2D eigenvalue weighted by Crippen LogP contribution is -2.13. The minimum atomic E-state index is -0.291. The van der Waals surface area contributed by atoms with Crippen LogP contribution in [-0.2, 0) is 0 Å². The lowest BCUT2D eigenvalue weighted by Gasteiger charge is -2.08. The molecule has 0 saturated carbocycles. The number of benzene rings is 1. The Kier molecular flexibility index (Phi) is 4.94. The molecule has 0 saturated heterocycles. The van der Waals surface area contributed by atoms with E-state index in [-0.39, 0.29) is 12.5 Å². The van der Waals surface area contributed by atoms with Crippen LogP contribution >= 0.6 is 11.6 Å². The highest BCUT2D eigenvalue weighted by Gasteiger charge is 2.09. The number of amides is 1. The van der Waals surface area contributed by atoms with Crippen LogP contribution in [0.1, 0.15) is 21.5 Å². The first-order chi connectivity index (χ1) is 10.1. The quantitative estimate of drug-likeness (QED) is 0.838. The summed E-state index contributed by atoms with van der Waals surface area (Å²) in [5.74, 6) is 5.02. The molecule has 106 valence electrons. The number of pyridine rings is 1. The molecule has 0 fully saturated rings. The van der Waals surface area contributed by atoms with Gasteiger partial charge in [0.15, 0.2) is 0 Å². The highest BCUT2D eigenvalue weighted by Crippen LogP contribution is 2.21. The fraction of sp³-hybridized carbons (Fsp3) is 0.125. The van der Waals surface area contributed by atoms with E-state index in [0.29, 0.717) is 21.8 Å². The Morgan fingerprint density at radius 2 is 2.19 bits per heavy atom. The number of aromatic nitrogens is 1. The number of rotatable bonds is 2. The summed E-state index contributed by atoms with van der Waals surface area (Å²) < 4.78 is 0. The number of carbonyl (C=O) groups is 1. The molecule has 1 aromatic heterocycles. The molecule has 0 aliphatic carbocycles. The number of hydrogen-bond acceptors (Lipinski definition) is 3. The first-order valence-corrected chi connectivity index (χ1v) is 6.60. The molecule has 0 atom stereocenters. The third-order valence-corrected chi connectivity index (χ3v) is 2.90. The molecule has 0 bridgehead atoms. The lowest BCUT2D eigenvalue weighted by atomic mass is 10.1. The van der Waals surface area contributed by atoms with E-state index in [4.69, 9.17) is 16.7 Å². The predicted molar refractivity (Wildman–Crippen MR) is 82.3 cm³/mol. The second-order valence-corrected chi connectivity index (χ2v) is 4.79. The first-order valence-electron chi connectivity index (χ1n) is 6.22. The van der Waals surface area contributed by atoms with Crippen LogP contribution < -0.4 is 5.32 Å². The van der Waals surface area contributed by atoms with Crippen molar-refractivity contribution in [3.05, 3.63) is 58.4 Å². The number of anilines is 1. The van der Waals surface area contributed by atoms with Gasteiger partial charge in [0.25, 0.3) is 5.91 Å². The Morgan fingerprint density at radius 1 is 1.38 bits per heavy atom. The third-order valence-electron chi connectivity index (χ3n) is 2.67. The molecule has 1 amide bonds. The highest BCUT2D eigenvalue weighted by atomic mass is 35.5. The maximum Gasteiger partial charge on any atom is 0.257 e. The van der Waals surface area contributed by atoms with Crippen molar-refractivity contribution in [1.29, 1.82) is 0 Å². The summed E-state index contributed by atoms with van der Waals surface area (Å²) in [5, 5.41) is 12.0. The van der Waals surface area contributed by atoms with E-state index in [2.05, 4.69) is 22.1 Å². The molecule has 21 heavy (non-hydrogen) atoms. The molecule has 0 spiro atoms. The average Bonchev–Trinajstić information content (AvgIpc) is 2.46. The minimum absolute atomic E-state index is 0.252. The standard InChI is InChI=1S/C16H13ClN2O2/c1-11-7-13(10-18-9-11)16(21)19-15-8-14(17)5-4-12(15)3-2-6-20/h4-5,7-10,20H,6H2,1H3,(H,19,21). The van der Waals surface area contributed by atoms with Crippen LogP contribution in [0.4, 0.5) is 5.69 Å². The monoisotopic (exact) mass is 300 g/mol. The van der Waals surface area contributed by atoms with Gasteiger partial charge in [-0.1, -0.05) is 23.4 Å². The molecule has 1 aromatic carbocycles. The summed E-state index contributed by atoms with van der Waals surface area (Å²) in [6, 6.07) is 6.72. The molecule has 2 rings (SSSR count). The van der Waals surface area contributed by atoms with Crippen LogP contribution in [0.25, 0.3) is 0 Å². The zero-order chi connectivity index (χ0) is 15.2. The van der Waals surface area contributed by atoms with E-state index in [9.17, 15) is 4.79 Å². The van der Waals surface area contributed by atoms with E-state index in [1.54, 1.807) is 30.5 Å². The first kappa shape index (κ1) is 15.0. The van der Waals surface area contributed by atoms with Crippen molar-refractivity contribution in [3.8, 4) is 11.8 Å². The molecule has 2 aromatic rings. The van der Waals surface area contributed by atoms with E-state index < -0.39 is 0 Å². The van der Waals surface area contributed by atoms with Gasteiger partial charge in [-0.25, -0.2) is 0 Å². The van der Waals surface area contributed by atoms with Crippen molar-refractivity contribution in [1.82, 2.24) is 4.98 Å². The van der Waals surface area contributed by atoms with Crippen molar-refractivity contribution >= 4 is 23.2 Å². The van der Waals surface area contributed by atoms with E-state index in [1.807, 2.05) is 6.92 Å². The number of nitrogens with zero attached hydrogens (tertiary/aromatic N) is 1. The molecule has 0 unspecified atom stereocenters. The minimum Gasteiger partial charge on any atom is -0.384 e. The topological polar surface area (TPSA) is 62.2 Å². The molecule has 2 N–H and O–H groups in total. The fourth-order valence-corrected chi connectivity index (χ4v) is 1.91. The Hall–Kier alpha value is -2.35. The SMILES string of the molecule is Cc1cncc(C(=O)Nc2cc(Cl)ccc2C#CCO)c1. The van der Waals surface area contributed by atoms with Crippen LogP contribution in [0.3, 0.4) is 0 Å². The van der Waals surface area contributed by atoms with E-state index >= 15 is 0 Å². The summed E-state index contributed by atoms with van der Waals surface area (Å²) in [4.78, 5) is 16.2. The van der Waals surface area contributed by atoms with Gasteiger partial charge in [-0.15, -0.1) is 0 Å². The number of aliphatic hydroxyl groups excluding tert-OH is 1. The number of halogens is 1. The molecule has 0 aliphatic heterocycles. The van der Waals surface area contributed by atoms with Crippen LogP contribution in [0.15, 0.2) is 36.7 Å². The van der Waals surface area contributed by atoms with Crippen molar-refractivity contribution < 1.29 is 9.90 Å². The predicted octanol–water partition coefficient (Wildman–Crippen LogP) is 2.64. The maximum atomic E-state index is 12.2. The van der Waals surface area contributed by atoms with Gasteiger partial charge in [0, 0.05) is 23.0 Å². The Morgan fingerprint density at radius 3 is 2.90 bits per heavy atom. The van der Waals surface area contributed by atoms with Crippen molar-refractivity contribution in [2.24, 2.45) is 0 Å². The smallest absolute Gasteiger partial charge is 0.257 e. The van der Waals surface area contributed by atoms with E-state index in [0.717, 1.165) is 5.56 Å². The lowest BCUT2D eigenvalue weighted by molar-refractivity contribution is 0.102. The van der Waals surface area contributed by atoms with Gasteiger partial charge >= 0.3 is 0 Å². The Bertz CT molecular complexity index is 733. The molecular formula is C16H13ClN2O2. The van der Waals surface area contributed by atoms with Crippen LogP contribution in [0.2, 0.25) is 5.02 Å². The summed E-state index contributed by atoms with van der Waals surface area (Å²) in [6.07, 6.45) is 3.17. The van der Waals surface area contributed by atoms with E-state index in [1.165, 1.54) is 6.20 Å². The molecule has 0 radical (unpaired) electrons. The van der Waals surface area contributed by atoms with Crippen molar-refractivity contribution in [2.75, 3.05) is 11.9 Å². The number of aryl methyl sites for hydroxylation is 1. The molecule has 1 heterocycles. The highest BCUT2D eigenvalue weighted by molar-refractivity contribution is 6.31. The largest absolute Gasteiger partial charge is 0.384 e. The Labute approximate surface area is 127 Å². The van der Waals surface area contributed by atoms with Crippen LogP contribution in [0, 0.1) is 18.8 Å². The second kappa shape index (κ2) is 6.89. The number of nitrogens with one attached hydrogen (secondary N) is 1. The number of aliphatic hydroxyl groups is 1. The molecule has 5 heteroatoms. The number of carbonyl (C=O) groups excluding carboxylic acids is 1. The van der Waals surface area contributed by atoms with Crippen LogP contribution in [0.5, 0.6) is 0 Å². The number of hydrogen-bond donors (Lipinski definition) is 2. The van der Waals surface area contributed by atoms with Gasteiger partial charge in [-0.2, -0.15) is 0 Å². The average molecular weight is 301 g/mol. The summed E-state index contributed by atoms with van der Waals surface area (Å²) >= 11 is 5.94. The van der Waals surface area contributed by atoms with Crippen LogP contribution in [-0.4, -0.2) is 22.6 Å². The zero-order valence-electron chi connectivity index (χ0n) is 11.4. The third kappa shape index (κ3) is 4.06. The molecular weight excluding hydrogens is 288 g/mol. The van der Waals surface area contributed by atoms with Gasteiger partial charge in [0.2, 0.25) is 0 Å². The molecule has 4 nitrogen and oxygen atoms in total. The fourth-order valence-electron chi connectivity index (χ4n) is 1.74. The van der Waals surface area contributed by atoms with Crippen molar-refractivity contribution in [2.45, 2.75) is 6.92 Å². The Balaban J connectivity index is 2.30. The summed E-state index contributed by atoms with van der Waals surface area (Å²) in [7, 11) is 0. The van der Waals surface area contributed by atoms with Gasteiger partial charge in [0.05, 0.1) is 11.3 Å².